The van der Waals surface area contributed by atoms with Crippen molar-refractivity contribution in [2.45, 2.75) is 76.7 Å². The van der Waals surface area contributed by atoms with Crippen molar-refractivity contribution in [3.63, 3.8) is 0 Å². The molecule has 1 aliphatic carbocycles. The van der Waals surface area contributed by atoms with Crippen molar-refractivity contribution in [1.82, 2.24) is 20.4 Å². The normalized spacial score (nSPS) is 30.4. The number of nitrogens with two attached hydrogens (primary N) is 2. The highest BCUT2D eigenvalue weighted by atomic mass is 16.2. The van der Waals surface area contributed by atoms with E-state index in [4.69, 9.17) is 11.5 Å². The van der Waals surface area contributed by atoms with E-state index in [0.717, 1.165) is 50.5 Å². The van der Waals surface area contributed by atoms with Crippen molar-refractivity contribution in [3.8, 4) is 0 Å². The van der Waals surface area contributed by atoms with E-state index < -0.39 is 5.66 Å². The van der Waals surface area contributed by atoms with Crippen LogP contribution in [0.15, 0.2) is 36.5 Å². The Morgan fingerprint density at radius 2 is 1.84 bits per heavy atom. The molecule has 0 bridgehead atoms. The third-order valence-electron chi connectivity index (χ3n) is 8.83. The van der Waals surface area contributed by atoms with Gasteiger partial charge in [-0.3, -0.25) is 9.80 Å². The van der Waals surface area contributed by atoms with Crippen molar-refractivity contribution < 1.29 is 9.59 Å². The number of amides is 4. The Hall–Kier alpha value is -2.62. The summed E-state index contributed by atoms with van der Waals surface area (Å²) in [4.78, 5) is 31.9. The monoisotopic (exact) mass is 523 g/mol. The number of likely N-dealkylation sites (tertiary alicyclic amines) is 2. The van der Waals surface area contributed by atoms with Crippen LogP contribution in [-0.4, -0.2) is 65.3 Å². The molecule has 1 aromatic rings. The predicted octanol–water partition coefficient (Wildman–Crippen LogP) is 3.16. The van der Waals surface area contributed by atoms with Crippen LogP contribution < -0.4 is 27.0 Å². The predicted molar refractivity (Wildman–Crippen MR) is 150 cm³/mol. The maximum Gasteiger partial charge on any atom is 0.328 e. The summed E-state index contributed by atoms with van der Waals surface area (Å²) in [5.41, 5.74) is 13.4. The Bertz CT molecular complexity index is 1040. The average molecular weight is 524 g/mol. The molecule has 0 spiro atoms. The lowest BCUT2D eigenvalue weighted by molar-refractivity contribution is 0.153. The van der Waals surface area contributed by atoms with E-state index in [0.29, 0.717) is 31.0 Å². The van der Waals surface area contributed by atoms with Gasteiger partial charge >= 0.3 is 12.1 Å². The van der Waals surface area contributed by atoms with Gasteiger partial charge in [0.1, 0.15) is 5.66 Å². The summed E-state index contributed by atoms with van der Waals surface area (Å²) in [5.74, 6) is 1.93. The smallest absolute Gasteiger partial charge is 0.327 e. The van der Waals surface area contributed by atoms with Crippen LogP contribution in [0.2, 0.25) is 0 Å². The van der Waals surface area contributed by atoms with Gasteiger partial charge in [0.05, 0.1) is 5.69 Å². The molecule has 3 fully saturated rings. The number of hydrogen-bond acceptors (Lipinski definition) is 5. The van der Waals surface area contributed by atoms with Gasteiger partial charge in [-0.15, -0.1) is 0 Å². The number of nitrogens with one attached hydrogen (secondary N) is 2. The summed E-state index contributed by atoms with van der Waals surface area (Å²) in [7, 11) is 0. The number of fused-ring (bicyclic) bond motifs is 1. The number of rotatable bonds is 6. The second kappa shape index (κ2) is 10.5. The fourth-order valence-corrected chi connectivity index (χ4v) is 6.83. The van der Waals surface area contributed by atoms with Crippen LogP contribution in [0.4, 0.5) is 15.3 Å². The van der Waals surface area contributed by atoms with Crippen LogP contribution in [-0.2, 0) is 6.54 Å². The molecular formula is C29H45N7O2. The van der Waals surface area contributed by atoms with Crippen LogP contribution in [0.5, 0.6) is 0 Å². The first kappa shape index (κ1) is 27.0. The number of carbonyl (C=O) groups excluding carboxylic acids is 2. The standard InChI is InChI=1S/C29H45N7O2/c1-28(2,31)16-20-10-13-35(14-11-20)26(37)32-29(3)12-15-36(27(38)33-29)23-7-4-21(5-8-23)17-34-18-22-6-9-25(30)24(22)19-34/h4-5,7-8,12,15,20,22,24-25H,6,9-11,13-14,16-19,30-31H2,1-3H3,(H,32,37)(H,33,38)/t22-,24-,25-,29?/m0/s1. The van der Waals surface area contributed by atoms with Crippen LogP contribution in [0.3, 0.4) is 0 Å². The quantitative estimate of drug-likeness (QED) is 0.457. The molecule has 4 amide bonds. The van der Waals surface area contributed by atoms with Gasteiger partial charge < -0.3 is 27.0 Å². The highest BCUT2D eigenvalue weighted by Crippen LogP contribution is 2.37. The number of urea groups is 2. The summed E-state index contributed by atoms with van der Waals surface area (Å²) in [6, 6.07) is 8.07. The summed E-state index contributed by atoms with van der Waals surface area (Å²) < 4.78 is 0. The van der Waals surface area contributed by atoms with Gasteiger partial charge in [-0.2, -0.15) is 0 Å². The molecule has 38 heavy (non-hydrogen) atoms. The van der Waals surface area contributed by atoms with Crippen molar-refractivity contribution in [2.75, 3.05) is 31.1 Å². The minimum atomic E-state index is -0.949. The van der Waals surface area contributed by atoms with Gasteiger partial charge in [0.15, 0.2) is 0 Å². The first-order valence-corrected chi connectivity index (χ1v) is 14.2. The molecule has 0 aromatic heterocycles. The SMILES string of the molecule is CC(C)(N)CC1CCN(C(=O)NC2(C)C=CN(c3ccc(CN4C[C@@H]5CC[C@H](N)[C@H]5C4)cc3)C(=O)N2)CC1. The van der Waals surface area contributed by atoms with Crippen molar-refractivity contribution >= 4 is 17.7 Å². The lowest BCUT2D eigenvalue weighted by Crippen LogP contribution is -2.64. The lowest BCUT2D eigenvalue weighted by Gasteiger charge is -2.39. The lowest BCUT2D eigenvalue weighted by atomic mass is 9.85. The molecule has 1 unspecified atom stereocenters. The van der Waals surface area contributed by atoms with E-state index in [1.807, 2.05) is 23.1 Å². The topological polar surface area (TPSA) is 120 Å². The molecule has 1 saturated carbocycles. The number of hydrogen-bond donors (Lipinski definition) is 4. The molecular weight excluding hydrogens is 478 g/mol. The Labute approximate surface area is 226 Å². The number of nitrogens with zero attached hydrogens (tertiary/aromatic N) is 3. The molecule has 9 heteroatoms. The van der Waals surface area contributed by atoms with E-state index in [9.17, 15) is 9.59 Å². The van der Waals surface area contributed by atoms with Crippen molar-refractivity contribution in [3.05, 3.63) is 42.1 Å². The largest absolute Gasteiger partial charge is 0.328 e. The molecule has 4 atom stereocenters. The second-order valence-electron chi connectivity index (χ2n) is 12.9. The van der Waals surface area contributed by atoms with Crippen LogP contribution in [0.25, 0.3) is 0 Å². The van der Waals surface area contributed by atoms with Crippen LogP contribution in [0, 0.1) is 17.8 Å². The molecule has 0 radical (unpaired) electrons. The zero-order valence-electron chi connectivity index (χ0n) is 23.2. The Kier molecular flexibility index (Phi) is 7.46. The highest BCUT2D eigenvalue weighted by molar-refractivity contribution is 5.96. The second-order valence-corrected chi connectivity index (χ2v) is 12.9. The number of anilines is 1. The Morgan fingerprint density at radius 1 is 1.13 bits per heavy atom. The molecule has 5 rings (SSSR count). The fraction of sp³-hybridized carbons (Fsp3) is 0.655. The summed E-state index contributed by atoms with van der Waals surface area (Å²) in [6.45, 7) is 10.4. The van der Waals surface area contributed by atoms with Gasteiger partial charge in [-0.25, -0.2) is 9.59 Å². The molecule has 3 aliphatic heterocycles. The Morgan fingerprint density at radius 3 is 2.47 bits per heavy atom. The van der Waals surface area contributed by atoms with Crippen molar-refractivity contribution in [2.24, 2.45) is 29.2 Å². The minimum Gasteiger partial charge on any atom is -0.327 e. The van der Waals surface area contributed by atoms with E-state index in [1.54, 1.807) is 18.0 Å². The maximum atomic E-state index is 13.0. The fourth-order valence-electron chi connectivity index (χ4n) is 6.83. The molecule has 4 aliphatic rings. The molecule has 9 nitrogen and oxygen atoms in total. The molecule has 3 heterocycles. The molecule has 208 valence electrons. The maximum absolute atomic E-state index is 13.0. The van der Waals surface area contributed by atoms with Gasteiger partial charge in [0, 0.05) is 50.5 Å². The van der Waals surface area contributed by atoms with Gasteiger partial charge in [0.25, 0.3) is 0 Å². The van der Waals surface area contributed by atoms with Gasteiger partial charge in [0.2, 0.25) is 0 Å². The summed E-state index contributed by atoms with van der Waals surface area (Å²) in [6.07, 6.45) is 8.85. The number of carbonyl (C=O) groups is 2. The zero-order chi connectivity index (χ0) is 27.1. The minimum absolute atomic E-state index is 0.160. The average Bonchev–Trinajstić information content (AvgIpc) is 3.40. The highest BCUT2D eigenvalue weighted by Gasteiger charge is 2.40. The molecule has 6 N–H and O–H groups in total. The zero-order valence-corrected chi connectivity index (χ0v) is 23.2. The molecule has 1 aromatic carbocycles. The number of benzene rings is 1. The third kappa shape index (κ3) is 6.16. The first-order valence-electron chi connectivity index (χ1n) is 14.2. The van der Waals surface area contributed by atoms with E-state index in [1.165, 1.54) is 18.4 Å². The van der Waals surface area contributed by atoms with Gasteiger partial charge in [-0.1, -0.05) is 12.1 Å². The van der Waals surface area contributed by atoms with Crippen LogP contribution >= 0.6 is 0 Å². The number of piperidine rings is 1. The summed E-state index contributed by atoms with van der Waals surface area (Å²) in [5, 5.41) is 5.96. The van der Waals surface area contributed by atoms with Crippen LogP contribution in [0.1, 0.15) is 58.4 Å². The van der Waals surface area contributed by atoms with E-state index >= 15 is 0 Å². The van der Waals surface area contributed by atoms with E-state index in [2.05, 4.69) is 41.5 Å². The third-order valence-corrected chi connectivity index (χ3v) is 8.83. The molecule has 2 saturated heterocycles. The van der Waals surface area contributed by atoms with Gasteiger partial charge in [-0.05, 0) is 94.4 Å². The first-order chi connectivity index (χ1) is 18.0. The summed E-state index contributed by atoms with van der Waals surface area (Å²) >= 11 is 0. The van der Waals surface area contributed by atoms with E-state index in [-0.39, 0.29) is 17.6 Å². The Balaban J connectivity index is 1.13. The van der Waals surface area contributed by atoms with Crippen molar-refractivity contribution in [1.29, 1.82) is 0 Å².